The topological polar surface area (TPSA) is 46.4 Å². The van der Waals surface area contributed by atoms with E-state index in [4.69, 9.17) is 4.98 Å². The third-order valence-corrected chi connectivity index (χ3v) is 6.60. The van der Waals surface area contributed by atoms with Gasteiger partial charge in [0.15, 0.2) is 0 Å². The first-order chi connectivity index (χ1) is 13.8. The molecule has 6 heteroatoms. The molecule has 1 N–H and O–H groups in total. The smallest absolute Gasteiger partial charge is 0.274 e. The Hall–Kier alpha value is -2.99. The van der Waals surface area contributed by atoms with E-state index in [1.165, 1.54) is 27.2 Å². The fourth-order valence-corrected chi connectivity index (χ4v) is 5.05. The van der Waals surface area contributed by atoms with Gasteiger partial charge < -0.3 is 4.90 Å². The Morgan fingerprint density at radius 2 is 1.64 bits per heavy atom. The predicted octanol–water partition coefficient (Wildman–Crippen LogP) is 3.81. The van der Waals surface area contributed by atoms with Crippen LogP contribution in [-0.2, 0) is 0 Å². The maximum atomic E-state index is 4.69. The normalized spacial score (nSPS) is 14.6. The number of nitrogens with zero attached hydrogens (tertiary/aromatic N) is 4. The Bertz CT molecular complexity index is 1090. The van der Waals surface area contributed by atoms with Crippen molar-refractivity contribution in [3.63, 3.8) is 0 Å². The molecule has 1 aliphatic heterocycles. The summed E-state index contributed by atoms with van der Waals surface area (Å²) in [6.45, 7) is 6.04. The van der Waals surface area contributed by atoms with Crippen molar-refractivity contribution in [1.29, 1.82) is 0 Å². The van der Waals surface area contributed by atoms with Crippen LogP contribution in [-0.4, -0.2) is 36.1 Å². The Labute approximate surface area is 168 Å². The van der Waals surface area contributed by atoms with Crippen molar-refractivity contribution < 1.29 is 4.98 Å². The molecule has 140 valence electrons. The summed E-state index contributed by atoms with van der Waals surface area (Å²) >= 11 is 1.76. The van der Waals surface area contributed by atoms with Gasteiger partial charge in [-0.2, -0.15) is 0 Å². The molecule has 0 atom stereocenters. The minimum absolute atomic E-state index is 0.949. The molecule has 0 unspecified atom stereocenters. The molecule has 1 aromatic carbocycles. The maximum Gasteiger partial charge on any atom is 0.274 e. The van der Waals surface area contributed by atoms with E-state index in [-0.39, 0.29) is 0 Å². The average molecular weight is 389 g/mol. The number of nitrogens with one attached hydrogen (secondary N) is 1. The summed E-state index contributed by atoms with van der Waals surface area (Å²) in [6, 6.07) is 16.8. The van der Waals surface area contributed by atoms with E-state index in [0.717, 1.165) is 36.8 Å². The van der Waals surface area contributed by atoms with Gasteiger partial charge in [0, 0.05) is 10.9 Å². The molecule has 0 saturated carbocycles. The number of hydrogen-bond acceptors (Lipinski definition) is 5. The lowest BCUT2D eigenvalue weighted by Crippen LogP contribution is -2.48. The first-order valence-corrected chi connectivity index (χ1v) is 10.4. The highest BCUT2D eigenvalue weighted by Crippen LogP contribution is 2.40. The molecule has 0 aliphatic carbocycles. The summed E-state index contributed by atoms with van der Waals surface area (Å²) in [7, 11) is 0. The summed E-state index contributed by atoms with van der Waals surface area (Å²) in [5.74, 6) is 2.24. The number of piperazine rings is 1. The zero-order valence-electron chi connectivity index (χ0n) is 15.8. The number of benzene rings is 1. The summed E-state index contributed by atoms with van der Waals surface area (Å²) in [5.41, 5.74) is 2.53. The summed E-state index contributed by atoms with van der Waals surface area (Å²) < 4.78 is 0. The van der Waals surface area contributed by atoms with Crippen LogP contribution >= 0.6 is 11.3 Å². The second-order valence-electron chi connectivity index (χ2n) is 7.02. The van der Waals surface area contributed by atoms with Crippen molar-refractivity contribution in [3.8, 4) is 10.4 Å². The van der Waals surface area contributed by atoms with Gasteiger partial charge in [-0.1, -0.05) is 36.4 Å². The molecule has 3 aromatic heterocycles. The molecule has 1 saturated heterocycles. The lowest BCUT2D eigenvalue weighted by molar-refractivity contribution is -0.364. The number of aryl methyl sites for hydroxylation is 1. The fraction of sp³-hybridized carbons (Fsp3) is 0.227. The Kier molecular flexibility index (Phi) is 4.41. The minimum atomic E-state index is 0.949. The number of hydrogen-bond donors (Lipinski definition) is 0. The highest BCUT2D eigenvalue weighted by Gasteiger charge is 2.26. The second-order valence-corrected chi connectivity index (χ2v) is 8.02. The van der Waals surface area contributed by atoms with Gasteiger partial charge in [0.25, 0.3) is 5.82 Å². The van der Waals surface area contributed by atoms with E-state index in [2.05, 4.69) is 69.2 Å². The summed E-state index contributed by atoms with van der Waals surface area (Å²) in [6.07, 6.45) is 3.69. The van der Waals surface area contributed by atoms with Crippen LogP contribution in [0.4, 0.5) is 11.6 Å². The molecule has 5 rings (SSSR count). The van der Waals surface area contributed by atoms with Gasteiger partial charge in [-0.3, -0.25) is 4.90 Å². The number of thiophene rings is 1. The van der Waals surface area contributed by atoms with Crippen LogP contribution in [0.2, 0.25) is 0 Å². The molecule has 0 spiro atoms. The van der Waals surface area contributed by atoms with Crippen LogP contribution in [0.15, 0.2) is 61.1 Å². The molecule has 28 heavy (non-hydrogen) atoms. The van der Waals surface area contributed by atoms with Gasteiger partial charge in [-0.05, 0) is 24.1 Å². The van der Waals surface area contributed by atoms with Crippen molar-refractivity contribution in [3.05, 3.63) is 66.6 Å². The average Bonchev–Trinajstić information content (AvgIpc) is 3.12. The van der Waals surface area contributed by atoms with Gasteiger partial charge in [0.05, 0.1) is 24.7 Å². The van der Waals surface area contributed by atoms with Crippen molar-refractivity contribution in [2.24, 2.45) is 0 Å². The maximum absolute atomic E-state index is 4.69. The molecule has 5 nitrogen and oxygen atoms in total. The van der Waals surface area contributed by atoms with Gasteiger partial charge in [-0.25, -0.2) is 15.0 Å². The SMILES string of the molecule is Cc1c(-c2ccccc2)sc2ncnc(N3CCN(c4cccc[nH+]4)CC3)c12. The van der Waals surface area contributed by atoms with Crippen molar-refractivity contribution in [2.75, 3.05) is 36.0 Å². The van der Waals surface area contributed by atoms with E-state index in [0.29, 0.717) is 0 Å². The molecule has 4 heterocycles. The molecule has 0 radical (unpaired) electrons. The monoisotopic (exact) mass is 388 g/mol. The lowest BCUT2D eigenvalue weighted by atomic mass is 10.1. The zero-order chi connectivity index (χ0) is 18.9. The van der Waals surface area contributed by atoms with Gasteiger partial charge in [0.2, 0.25) is 0 Å². The third kappa shape index (κ3) is 2.99. The highest BCUT2D eigenvalue weighted by atomic mass is 32.1. The predicted molar refractivity (Wildman–Crippen MR) is 115 cm³/mol. The number of H-pyrrole nitrogens is 1. The molecular formula is C22H22N5S+. The van der Waals surface area contributed by atoms with Crippen LogP contribution in [0, 0.1) is 6.92 Å². The van der Waals surface area contributed by atoms with Crippen LogP contribution in [0.3, 0.4) is 0 Å². The molecule has 0 bridgehead atoms. The first-order valence-electron chi connectivity index (χ1n) is 9.57. The standard InChI is InChI=1S/C22H21N5S/c1-16-19-21(27-13-11-26(12-14-27)18-9-5-6-10-23-18)24-15-25-22(19)28-20(16)17-7-3-2-4-8-17/h2-10,15H,11-14H2,1H3/p+1. The summed E-state index contributed by atoms with van der Waals surface area (Å²) in [5, 5.41) is 1.20. The van der Waals surface area contributed by atoms with Gasteiger partial charge >= 0.3 is 0 Å². The quantitative estimate of drug-likeness (QED) is 0.535. The molecule has 1 fully saturated rings. The second kappa shape index (κ2) is 7.20. The molecular weight excluding hydrogens is 366 g/mol. The number of aromatic amines is 1. The first kappa shape index (κ1) is 17.1. The van der Waals surface area contributed by atoms with E-state index >= 15 is 0 Å². The molecule has 1 aliphatic rings. The number of pyridine rings is 1. The van der Waals surface area contributed by atoms with Gasteiger partial charge in [-0.15, -0.1) is 11.3 Å². The van der Waals surface area contributed by atoms with Crippen LogP contribution in [0.25, 0.3) is 20.7 Å². The third-order valence-electron chi connectivity index (χ3n) is 5.36. The van der Waals surface area contributed by atoms with Crippen molar-refractivity contribution in [1.82, 2.24) is 9.97 Å². The number of rotatable bonds is 3. The molecule has 0 amide bonds. The van der Waals surface area contributed by atoms with Crippen molar-refractivity contribution >= 4 is 33.2 Å². The van der Waals surface area contributed by atoms with E-state index < -0.39 is 0 Å². The number of aromatic nitrogens is 3. The van der Waals surface area contributed by atoms with Crippen LogP contribution in [0.1, 0.15) is 5.56 Å². The summed E-state index contributed by atoms with van der Waals surface area (Å²) in [4.78, 5) is 19.8. The lowest BCUT2D eigenvalue weighted by Gasteiger charge is -2.32. The van der Waals surface area contributed by atoms with Crippen molar-refractivity contribution in [2.45, 2.75) is 6.92 Å². The molecule has 4 aromatic rings. The largest absolute Gasteiger partial charge is 0.348 e. The van der Waals surface area contributed by atoms with Crippen LogP contribution < -0.4 is 14.8 Å². The zero-order valence-corrected chi connectivity index (χ0v) is 16.6. The highest BCUT2D eigenvalue weighted by molar-refractivity contribution is 7.22. The number of anilines is 2. The number of fused-ring (bicyclic) bond motifs is 1. The Morgan fingerprint density at radius 1 is 0.893 bits per heavy atom. The Morgan fingerprint density at radius 3 is 2.39 bits per heavy atom. The minimum Gasteiger partial charge on any atom is -0.348 e. The van der Waals surface area contributed by atoms with E-state index in [1.807, 2.05) is 12.3 Å². The fourth-order valence-electron chi connectivity index (χ4n) is 3.90. The van der Waals surface area contributed by atoms with Crippen LogP contribution in [0.5, 0.6) is 0 Å². The van der Waals surface area contributed by atoms with E-state index in [9.17, 15) is 0 Å². The van der Waals surface area contributed by atoms with Gasteiger partial charge in [0.1, 0.15) is 30.1 Å². The van der Waals surface area contributed by atoms with E-state index in [1.54, 1.807) is 17.7 Å². The Balaban J connectivity index is 1.46.